The quantitative estimate of drug-likeness (QED) is 0.230. The van der Waals surface area contributed by atoms with Gasteiger partial charge in [-0.1, -0.05) is 37.6 Å². The molecule has 0 saturated carbocycles. The van der Waals surface area contributed by atoms with Gasteiger partial charge in [-0.2, -0.15) is 0 Å². The van der Waals surface area contributed by atoms with Crippen LogP contribution in [0.5, 0.6) is 23.0 Å². The van der Waals surface area contributed by atoms with Crippen LogP contribution < -0.4 is 28.6 Å². The number of amides is 2. The number of carbonyl (C=O) groups is 2. The first-order valence-corrected chi connectivity index (χ1v) is 16.1. The van der Waals surface area contributed by atoms with Crippen molar-refractivity contribution < 1.29 is 37.0 Å². The smallest absolute Gasteiger partial charge is 0.265 e. The van der Waals surface area contributed by atoms with Crippen molar-refractivity contribution in [2.75, 3.05) is 45.8 Å². The fourth-order valence-corrected chi connectivity index (χ4v) is 6.29. The van der Waals surface area contributed by atoms with Gasteiger partial charge in [0.1, 0.15) is 24.1 Å². The van der Waals surface area contributed by atoms with Crippen LogP contribution in [0.15, 0.2) is 65.6 Å². The standard InChI is InChI=1S/C32H40ClN3O8S/c1-7-17-34-32(38)26(8-2)35(20-22-9-12-24(41-3)13-10-22)31(37)21-36(27-18-23(33)11-15-28(27)42-4)45(39,40)25-14-16-29(43-5)30(19-25)44-6/h9-16,18-19,26H,7-8,17,20-21H2,1-6H3,(H,34,38)/t26-/m1/s1. The molecule has 13 heteroatoms. The Hall–Kier alpha value is -4.16. The average molecular weight is 662 g/mol. The van der Waals surface area contributed by atoms with E-state index in [0.717, 1.165) is 9.87 Å². The molecule has 0 aromatic heterocycles. The van der Waals surface area contributed by atoms with Gasteiger partial charge in [0, 0.05) is 24.2 Å². The maximum atomic E-state index is 14.3. The van der Waals surface area contributed by atoms with Crippen molar-refractivity contribution in [3.63, 3.8) is 0 Å². The van der Waals surface area contributed by atoms with Crippen LogP contribution in [0.2, 0.25) is 5.02 Å². The molecule has 11 nitrogen and oxygen atoms in total. The molecular formula is C32H40ClN3O8S. The summed E-state index contributed by atoms with van der Waals surface area (Å²) in [4.78, 5) is 28.8. The maximum absolute atomic E-state index is 14.3. The summed E-state index contributed by atoms with van der Waals surface area (Å²) in [6.45, 7) is 3.53. The molecule has 3 rings (SSSR count). The lowest BCUT2D eigenvalue weighted by Gasteiger charge is -2.33. The molecule has 0 aliphatic rings. The Morgan fingerprint density at radius 1 is 0.844 bits per heavy atom. The van der Waals surface area contributed by atoms with Crippen LogP contribution in [0.1, 0.15) is 32.3 Å². The van der Waals surface area contributed by atoms with Gasteiger partial charge in [0.2, 0.25) is 11.8 Å². The van der Waals surface area contributed by atoms with Gasteiger partial charge in [-0.05, 0) is 60.9 Å². The minimum atomic E-state index is -4.44. The van der Waals surface area contributed by atoms with Crippen LogP contribution in [-0.4, -0.2) is 72.7 Å². The molecule has 0 bridgehead atoms. The topological polar surface area (TPSA) is 124 Å². The van der Waals surface area contributed by atoms with Gasteiger partial charge >= 0.3 is 0 Å². The molecule has 0 aliphatic heterocycles. The molecule has 244 valence electrons. The maximum Gasteiger partial charge on any atom is 0.265 e. The number of anilines is 1. The Balaban J connectivity index is 2.16. The van der Waals surface area contributed by atoms with Crippen molar-refractivity contribution in [1.82, 2.24) is 10.2 Å². The Morgan fingerprint density at radius 2 is 1.49 bits per heavy atom. The number of methoxy groups -OCH3 is 4. The number of carbonyl (C=O) groups excluding carboxylic acids is 2. The third-order valence-corrected chi connectivity index (χ3v) is 9.07. The highest BCUT2D eigenvalue weighted by Crippen LogP contribution is 2.37. The Morgan fingerprint density at radius 3 is 2.07 bits per heavy atom. The summed E-state index contributed by atoms with van der Waals surface area (Å²) in [5.74, 6) is 0.359. The summed E-state index contributed by atoms with van der Waals surface area (Å²) in [5.41, 5.74) is 0.765. The number of sulfonamides is 1. The van der Waals surface area contributed by atoms with E-state index in [1.54, 1.807) is 44.4 Å². The van der Waals surface area contributed by atoms with Gasteiger partial charge in [0.25, 0.3) is 10.0 Å². The van der Waals surface area contributed by atoms with Crippen molar-refractivity contribution >= 4 is 39.1 Å². The van der Waals surface area contributed by atoms with E-state index in [9.17, 15) is 18.0 Å². The third kappa shape index (κ3) is 8.52. The van der Waals surface area contributed by atoms with Crippen LogP contribution in [-0.2, 0) is 26.2 Å². The Kier molecular flexibility index (Phi) is 12.7. The second kappa shape index (κ2) is 16.2. The van der Waals surface area contributed by atoms with Gasteiger partial charge in [-0.15, -0.1) is 0 Å². The van der Waals surface area contributed by atoms with Gasteiger partial charge < -0.3 is 29.2 Å². The number of ether oxygens (including phenoxy) is 4. The number of hydrogen-bond acceptors (Lipinski definition) is 8. The lowest BCUT2D eigenvalue weighted by Crippen LogP contribution is -2.52. The second-order valence-corrected chi connectivity index (χ2v) is 12.2. The molecule has 2 amide bonds. The molecule has 0 unspecified atom stereocenters. The molecule has 3 aromatic rings. The molecule has 0 spiro atoms. The largest absolute Gasteiger partial charge is 0.497 e. The van der Waals surface area contributed by atoms with Crippen molar-refractivity contribution in [2.24, 2.45) is 0 Å². The van der Waals surface area contributed by atoms with E-state index >= 15 is 0 Å². The lowest BCUT2D eigenvalue weighted by atomic mass is 10.1. The Labute approximate surface area is 270 Å². The predicted molar refractivity (Wildman–Crippen MR) is 173 cm³/mol. The summed E-state index contributed by atoms with van der Waals surface area (Å²) in [6, 6.07) is 14.8. The van der Waals surface area contributed by atoms with E-state index in [4.69, 9.17) is 30.5 Å². The highest BCUT2D eigenvalue weighted by molar-refractivity contribution is 7.92. The van der Waals surface area contributed by atoms with Gasteiger partial charge in [0.05, 0.1) is 39.0 Å². The lowest BCUT2D eigenvalue weighted by molar-refractivity contribution is -0.140. The number of benzene rings is 3. The summed E-state index contributed by atoms with van der Waals surface area (Å²) in [7, 11) is 1.32. The van der Waals surface area contributed by atoms with Crippen molar-refractivity contribution in [1.29, 1.82) is 0 Å². The minimum Gasteiger partial charge on any atom is -0.497 e. The molecule has 0 radical (unpaired) electrons. The van der Waals surface area contributed by atoms with Gasteiger partial charge in [0.15, 0.2) is 11.5 Å². The fraction of sp³-hybridized carbons (Fsp3) is 0.375. The monoisotopic (exact) mass is 661 g/mol. The molecule has 0 aliphatic carbocycles. The number of halogens is 1. The first-order valence-electron chi connectivity index (χ1n) is 14.3. The van der Waals surface area contributed by atoms with Crippen molar-refractivity contribution in [3.05, 3.63) is 71.2 Å². The van der Waals surface area contributed by atoms with Crippen molar-refractivity contribution in [3.8, 4) is 23.0 Å². The van der Waals surface area contributed by atoms with Gasteiger partial charge in [-0.25, -0.2) is 8.42 Å². The second-order valence-electron chi connectivity index (χ2n) is 9.93. The van der Waals surface area contributed by atoms with Crippen LogP contribution >= 0.6 is 11.6 Å². The molecular weight excluding hydrogens is 622 g/mol. The number of nitrogens with zero attached hydrogens (tertiary/aromatic N) is 2. The number of rotatable bonds is 16. The SMILES string of the molecule is CCCNC(=O)[C@@H](CC)N(Cc1ccc(OC)cc1)C(=O)CN(c1cc(Cl)ccc1OC)S(=O)(=O)c1ccc(OC)c(OC)c1. The zero-order valence-corrected chi connectivity index (χ0v) is 27.9. The summed E-state index contributed by atoms with van der Waals surface area (Å²) in [6.07, 6.45) is 1.00. The average Bonchev–Trinajstić information content (AvgIpc) is 3.05. The molecule has 45 heavy (non-hydrogen) atoms. The van der Waals surface area contributed by atoms with E-state index in [2.05, 4.69) is 5.32 Å². The van der Waals surface area contributed by atoms with Crippen LogP contribution in [0.3, 0.4) is 0 Å². The molecule has 3 aromatic carbocycles. The summed E-state index contributed by atoms with van der Waals surface area (Å²) in [5, 5.41) is 3.09. The van der Waals surface area contributed by atoms with Crippen LogP contribution in [0, 0.1) is 0 Å². The van der Waals surface area contributed by atoms with Crippen molar-refractivity contribution in [2.45, 2.75) is 44.2 Å². The normalized spacial score (nSPS) is 11.7. The number of hydrogen-bond donors (Lipinski definition) is 1. The van der Waals surface area contributed by atoms with E-state index in [0.29, 0.717) is 30.9 Å². The molecule has 0 fully saturated rings. The molecule has 1 N–H and O–H groups in total. The van der Waals surface area contributed by atoms with Crippen LogP contribution in [0.4, 0.5) is 5.69 Å². The molecule has 0 heterocycles. The third-order valence-electron chi connectivity index (χ3n) is 7.08. The number of nitrogens with one attached hydrogen (secondary N) is 1. The molecule has 0 saturated heterocycles. The zero-order valence-electron chi connectivity index (χ0n) is 26.3. The zero-order chi connectivity index (χ0) is 33.1. The fourth-order valence-electron chi connectivity index (χ4n) is 4.69. The molecule has 1 atom stereocenters. The summed E-state index contributed by atoms with van der Waals surface area (Å²) >= 11 is 6.32. The van der Waals surface area contributed by atoms with E-state index < -0.39 is 28.5 Å². The Bertz CT molecular complexity index is 1570. The van der Waals surface area contributed by atoms with Gasteiger partial charge in [-0.3, -0.25) is 13.9 Å². The van der Waals surface area contributed by atoms with E-state index in [-0.39, 0.29) is 39.6 Å². The van der Waals surface area contributed by atoms with Crippen LogP contribution in [0.25, 0.3) is 0 Å². The first-order chi connectivity index (χ1) is 21.5. The predicted octanol–water partition coefficient (Wildman–Crippen LogP) is 4.90. The van der Waals surface area contributed by atoms with E-state index in [1.807, 2.05) is 6.92 Å². The highest BCUT2D eigenvalue weighted by Gasteiger charge is 2.35. The first kappa shape index (κ1) is 35.3. The van der Waals surface area contributed by atoms with E-state index in [1.165, 1.54) is 56.6 Å². The minimum absolute atomic E-state index is 0.0395. The highest BCUT2D eigenvalue weighted by atomic mass is 35.5. The summed E-state index contributed by atoms with van der Waals surface area (Å²) < 4.78 is 51.0.